The van der Waals surface area contributed by atoms with Crippen LogP contribution in [0.15, 0.2) is 35.1 Å². The van der Waals surface area contributed by atoms with Crippen molar-refractivity contribution in [3.05, 3.63) is 47.9 Å². The van der Waals surface area contributed by atoms with Gasteiger partial charge in [-0.15, -0.1) is 0 Å². The van der Waals surface area contributed by atoms with E-state index in [2.05, 4.69) is 29.1 Å². The number of alkyl halides is 2. The summed E-state index contributed by atoms with van der Waals surface area (Å²) in [5.74, 6) is 0.715. The summed E-state index contributed by atoms with van der Waals surface area (Å²) >= 11 is 0. The Morgan fingerprint density at radius 2 is 2.00 bits per heavy atom. The van der Waals surface area contributed by atoms with Crippen LogP contribution >= 0.6 is 0 Å². The van der Waals surface area contributed by atoms with Gasteiger partial charge >= 0.3 is 0 Å². The van der Waals surface area contributed by atoms with Crippen LogP contribution in [0, 0.1) is 11.8 Å². The number of carbonyl (C=O) groups excluding carboxylic acids is 1. The highest BCUT2D eigenvalue weighted by molar-refractivity contribution is 6.08. The van der Waals surface area contributed by atoms with E-state index < -0.39 is 18.0 Å². The fraction of sp³-hybridized carbons (Fsp3) is 0.476. The molecule has 29 heavy (non-hydrogen) atoms. The Morgan fingerprint density at radius 3 is 2.69 bits per heavy atom. The predicted octanol–water partition coefficient (Wildman–Crippen LogP) is 5.44. The first-order valence-electron chi connectivity index (χ1n) is 9.95. The number of halogens is 2. The van der Waals surface area contributed by atoms with Crippen LogP contribution in [0.25, 0.3) is 5.65 Å². The van der Waals surface area contributed by atoms with Gasteiger partial charge in [-0.3, -0.25) is 10.1 Å². The lowest BCUT2D eigenvalue weighted by Crippen LogP contribution is -2.17. The number of amides is 1. The Morgan fingerprint density at radius 1 is 1.24 bits per heavy atom. The van der Waals surface area contributed by atoms with Gasteiger partial charge in [-0.25, -0.2) is 18.7 Å². The summed E-state index contributed by atoms with van der Waals surface area (Å²) in [4.78, 5) is 20.9. The maximum absolute atomic E-state index is 13.5. The van der Waals surface area contributed by atoms with Gasteiger partial charge < -0.3 is 8.82 Å². The Labute approximate surface area is 167 Å². The van der Waals surface area contributed by atoms with Crippen LogP contribution in [-0.2, 0) is 0 Å². The second-order valence-corrected chi connectivity index (χ2v) is 7.96. The van der Waals surface area contributed by atoms with E-state index in [-0.39, 0.29) is 23.3 Å². The number of nitrogens with zero attached hydrogens (tertiary/aromatic N) is 3. The van der Waals surface area contributed by atoms with Crippen molar-refractivity contribution in [3.8, 4) is 0 Å². The molecule has 6 nitrogen and oxygen atoms in total. The van der Waals surface area contributed by atoms with Crippen molar-refractivity contribution in [1.82, 2.24) is 14.4 Å². The summed E-state index contributed by atoms with van der Waals surface area (Å²) in [6, 6.07) is 3.32. The van der Waals surface area contributed by atoms with Gasteiger partial charge in [-0.2, -0.15) is 0 Å². The quantitative estimate of drug-likeness (QED) is 0.617. The van der Waals surface area contributed by atoms with E-state index in [9.17, 15) is 13.6 Å². The van der Waals surface area contributed by atoms with E-state index in [0.717, 1.165) is 25.7 Å². The molecule has 1 aliphatic carbocycles. The molecule has 0 bridgehead atoms. The first-order chi connectivity index (χ1) is 13.9. The summed E-state index contributed by atoms with van der Waals surface area (Å²) in [6.07, 6.45) is 5.93. The van der Waals surface area contributed by atoms with Crippen molar-refractivity contribution >= 4 is 17.4 Å². The molecular formula is C21H24F2N4O2. The highest BCUT2D eigenvalue weighted by Gasteiger charge is 2.31. The van der Waals surface area contributed by atoms with Gasteiger partial charge in [-0.05, 0) is 49.7 Å². The second kappa shape index (κ2) is 7.93. The van der Waals surface area contributed by atoms with Gasteiger partial charge in [0.25, 0.3) is 12.3 Å². The monoisotopic (exact) mass is 402 g/mol. The summed E-state index contributed by atoms with van der Waals surface area (Å²) < 4.78 is 34.4. The van der Waals surface area contributed by atoms with Crippen LogP contribution in [0.1, 0.15) is 73.8 Å². The standard InChI is InChI=1S/C21H24F2N4O2/c1-12(2)13-4-6-14(7-5-13)20-25-16(17(22)23)21(29-20)26-19(28)15-8-11-27-10-3-9-24-18(15)27/h3,8-14,17H,4-7H2,1-2H3,(H,26,28)/t13-,14-. The van der Waals surface area contributed by atoms with Gasteiger partial charge in [0.2, 0.25) is 5.88 Å². The second-order valence-electron chi connectivity index (χ2n) is 7.96. The van der Waals surface area contributed by atoms with Crippen molar-refractivity contribution in [2.24, 2.45) is 11.8 Å². The summed E-state index contributed by atoms with van der Waals surface area (Å²) in [6.45, 7) is 4.41. The number of carbonyl (C=O) groups is 1. The third-order valence-electron chi connectivity index (χ3n) is 5.83. The predicted molar refractivity (Wildman–Crippen MR) is 104 cm³/mol. The topological polar surface area (TPSA) is 72.4 Å². The summed E-state index contributed by atoms with van der Waals surface area (Å²) in [5.41, 5.74) is 0.201. The van der Waals surface area contributed by atoms with E-state index in [1.165, 1.54) is 0 Å². The Hall–Kier alpha value is -2.77. The first-order valence-corrected chi connectivity index (χ1v) is 9.95. The summed E-state index contributed by atoms with van der Waals surface area (Å²) in [7, 11) is 0. The molecule has 1 saturated carbocycles. The molecule has 0 unspecified atom stereocenters. The molecule has 0 radical (unpaired) electrons. The van der Waals surface area contributed by atoms with Crippen LogP contribution < -0.4 is 5.32 Å². The molecule has 0 aromatic carbocycles. The molecule has 3 heterocycles. The van der Waals surface area contributed by atoms with Gasteiger partial charge in [0, 0.05) is 24.5 Å². The number of aromatic nitrogens is 3. The van der Waals surface area contributed by atoms with Crippen molar-refractivity contribution in [2.75, 3.05) is 5.32 Å². The highest BCUT2D eigenvalue weighted by Crippen LogP contribution is 2.40. The molecule has 1 N–H and O–H groups in total. The molecule has 154 valence electrons. The van der Waals surface area contributed by atoms with Gasteiger partial charge in [-0.1, -0.05) is 13.8 Å². The van der Waals surface area contributed by atoms with Crippen molar-refractivity contribution in [1.29, 1.82) is 0 Å². The van der Waals surface area contributed by atoms with Gasteiger partial charge in [0.1, 0.15) is 5.65 Å². The van der Waals surface area contributed by atoms with Crippen LogP contribution in [-0.4, -0.2) is 20.3 Å². The third-order valence-corrected chi connectivity index (χ3v) is 5.83. The average molecular weight is 402 g/mol. The first kappa shape index (κ1) is 19.5. The molecule has 3 aromatic heterocycles. The Kier molecular flexibility index (Phi) is 5.34. The largest absolute Gasteiger partial charge is 0.424 e. The minimum atomic E-state index is -2.83. The maximum Gasteiger partial charge on any atom is 0.285 e. The number of hydrogen-bond donors (Lipinski definition) is 1. The summed E-state index contributed by atoms with van der Waals surface area (Å²) in [5, 5.41) is 2.47. The molecule has 0 aliphatic heterocycles. The fourth-order valence-corrected chi connectivity index (χ4v) is 4.08. The average Bonchev–Trinajstić information content (AvgIpc) is 3.32. The molecule has 0 atom stereocenters. The number of anilines is 1. The van der Waals surface area contributed by atoms with Gasteiger partial charge in [0.15, 0.2) is 11.6 Å². The number of hydrogen-bond acceptors (Lipinski definition) is 4. The van der Waals surface area contributed by atoms with E-state index in [1.807, 2.05) is 0 Å². The van der Waals surface area contributed by atoms with E-state index >= 15 is 0 Å². The zero-order chi connectivity index (χ0) is 20.5. The molecule has 1 amide bonds. The highest BCUT2D eigenvalue weighted by atomic mass is 19.3. The Bertz CT molecular complexity index is 1000. The van der Waals surface area contributed by atoms with E-state index in [1.54, 1.807) is 35.1 Å². The molecule has 0 saturated heterocycles. The normalized spacial score (nSPS) is 19.9. The molecule has 8 heteroatoms. The Balaban J connectivity index is 1.55. The molecular weight excluding hydrogens is 378 g/mol. The SMILES string of the molecule is CC(C)[C@H]1CC[C@H](c2nc(C(F)F)c(NC(=O)c3ccn4cccnc34)o2)CC1. The zero-order valence-corrected chi connectivity index (χ0v) is 16.4. The molecule has 1 fully saturated rings. The van der Waals surface area contributed by atoms with Crippen LogP contribution in [0.2, 0.25) is 0 Å². The molecule has 1 aliphatic rings. The minimum Gasteiger partial charge on any atom is -0.424 e. The molecule has 0 spiro atoms. The lowest BCUT2D eigenvalue weighted by molar-refractivity contribution is 0.102. The van der Waals surface area contributed by atoms with Gasteiger partial charge in [0.05, 0.1) is 5.56 Å². The lowest BCUT2D eigenvalue weighted by atomic mass is 9.77. The number of rotatable bonds is 5. The zero-order valence-electron chi connectivity index (χ0n) is 16.4. The molecule has 3 aromatic rings. The van der Waals surface area contributed by atoms with Crippen LogP contribution in [0.4, 0.5) is 14.7 Å². The number of oxazole rings is 1. The fourth-order valence-electron chi connectivity index (χ4n) is 4.08. The smallest absolute Gasteiger partial charge is 0.285 e. The van der Waals surface area contributed by atoms with Crippen LogP contribution in [0.3, 0.4) is 0 Å². The lowest BCUT2D eigenvalue weighted by Gasteiger charge is -2.29. The van der Waals surface area contributed by atoms with Crippen molar-refractivity contribution in [2.45, 2.75) is 51.9 Å². The van der Waals surface area contributed by atoms with Crippen molar-refractivity contribution < 1.29 is 18.0 Å². The number of fused-ring (bicyclic) bond motifs is 1. The van der Waals surface area contributed by atoms with E-state index in [4.69, 9.17) is 4.42 Å². The minimum absolute atomic E-state index is 0.00475. The maximum atomic E-state index is 13.5. The van der Waals surface area contributed by atoms with Crippen molar-refractivity contribution in [3.63, 3.8) is 0 Å². The third kappa shape index (κ3) is 3.88. The number of nitrogens with one attached hydrogen (secondary N) is 1. The van der Waals surface area contributed by atoms with E-state index in [0.29, 0.717) is 17.5 Å². The van der Waals surface area contributed by atoms with Crippen LogP contribution in [0.5, 0.6) is 0 Å². The molecule has 4 rings (SSSR count).